The van der Waals surface area contributed by atoms with Gasteiger partial charge in [0.2, 0.25) is 5.91 Å². The summed E-state index contributed by atoms with van der Waals surface area (Å²) in [5.74, 6) is 2.91. The number of nitrogens with two attached hydrogens (primary N) is 1. The first kappa shape index (κ1) is 16.6. The Balaban J connectivity index is 1.43. The molecule has 1 atom stereocenters. The van der Waals surface area contributed by atoms with Crippen LogP contribution in [0.3, 0.4) is 0 Å². The minimum Gasteiger partial charge on any atom is -0.353 e. The average molecular weight is 321 g/mol. The van der Waals surface area contributed by atoms with E-state index in [1.165, 1.54) is 38.5 Å². The lowest BCUT2D eigenvalue weighted by atomic mass is 9.48. The van der Waals surface area contributed by atoms with Crippen molar-refractivity contribution in [2.24, 2.45) is 28.9 Å². The average Bonchev–Trinajstić information content (AvgIpc) is 2.45. The Morgan fingerprint density at radius 3 is 2.17 bits per heavy atom. The Morgan fingerprint density at radius 2 is 1.65 bits per heavy atom. The molecule has 4 aliphatic rings. The largest absolute Gasteiger partial charge is 0.353 e. The molecule has 130 valence electrons. The predicted molar refractivity (Wildman–Crippen MR) is 89.6 cm³/mol. The summed E-state index contributed by atoms with van der Waals surface area (Å²) in [6.45, 7) is 2.77. The maximum Gasteiger partial charge on any atom is 0.312 e. The minimum atomic E-state index is -0.495. The van der Waals surface area contributed by atoms with E-state index in [1.807, 2.05) is 0 Å². The molecule has 0 saturated heterocycles. The third-order valence-corrected chi connectivity index (χ3v) is 6.51. The number of nitrogens with one attached hydrogen (secondary N) is 2. The van der Waals surface area contributed by atoms with Gasteiger partial charge in [0.1, 0.15) is 0 Å². The van der Waals surface area contributed by atoms with Crippen molar-refractivity contribution in [3.63, 3.8) is 0 Å². The molecule has 0 aromatic heterocycles. The van der Waals surface area contributed by atoms with Gasteiger partial charge in [-0.15, -0.1) is 0 Å². The summed E-state index contributed by atoms with van der Waals surface area (Å²) in [6, 6.07) is -0.197. The van der Waals surface area contributed by atoms with E-state index in [4.69, 9.17) is 5.73 Å². The van der Waals surface area contributed by atoms with Gasteiger partial charge >= 0.3 is 6.03 Å². The van der Waals surface area contributed by atoms with Crippen LogP contribution in [-0.4, -0.2) is 24.5 Å². The van der Waals surface area contributed by atoms with Gasteiger partial charge in [0.25, 0.3) is 0 Å². The molecule has 0 aromatic carbocycles. The number of urea groups is 1. The van der Waals surface area contributed by atoms with Gasteiger partial charge in [-0.2, -0.15) is 0 Å². The van der Waals surface area contributed by atoms with E-state index < -0.39 is 6.03 Å². The fourth-order valence-electron chi connectivity index (χ4n) is 5.80. The van der Waals surface area contributed by atoms with Crippen LogP contribution >= 0.6 is 0 Å². The van der Waals surface area contributed by atoms with Gasteiger partial charge in [-0.1, -0.05) is 0 Å². The van der Waals surface area contributed by atoms with Crippen LogP contribution in [0.2, 0.25) is 0 Å². The van der Waals surface area contributed by atoms with E-state index in [2.05, 4.69) is 17.6 Å². The van der Waals surface area contributed by atoms with Gasteiger partial charge in [0, 0.05) is 19.0 Å². The van der Waals surface area contributed by atoms with Crippen molar-refractivity contribution >= 4 is 11.9 Å². The number of carbonyl (C=O) groups is 2. The van der Waals surface area contributed by atoms with Crippen LogP contribution in [0.25, 0.3) is 0 Å². The summed E-state index contributed by atoms with van der Waals surface area (Å²) in [7, 11) is 0. The van der Waals surface area contributed by atoms with Gasteiger partial charge < -0.3 is 16.4 Å². The van der Waals surface area contributed by atoms with E-state index in [0.29, 0.717) is 24.4 Å². The summed E-state index contributed by atoms with van der Waals surface area (Å²) >= 11 is 0. The fraction of sp³-hybridized carbons (Fsp3) is 0.889. The lowest BCUT2D eigenvalue weighted by molar-refractivity contribution is -0.126. The summed E-state index contributed by atoms with van der Waals surface area (Å²) in [4.78, 5) is 22.8. The first-order chi connectivity index (χ1) is 11.0. The second-order valence-electron chi connectivity index (χ2n) is 8.32. The monoisotopic (exact) mass is 321 g/mol. The summed E-state index contributed by atoms with van der Waals surface area (Å²) in [6.07, 6.45) is 10.4. The normalized spacial score (nSPS) is 35.8. The molecule has 0 aliphatic heterocycles. The van der Waals surface area contributed by atoms with Crippen LogP contribution < -0.4 is 16.4 Å². The van der Waals surface area contributed by atoms with E-state index in [0.717, 1.165) is 30.6 Å². The number of hydrogen-bond acceptors (Lipinski definition) is 2. The zero-order chi connectivity index (χ0) is 16.4. The molecule has 4 fully saturated rings. The van der Waals surface area contributed by atoms with Crippen LogP contribution in [0, 0.1) is 23.2 Å². The Hall–Kier alpha value is -1.26. The van der Waals surface area contributed by atoms with Crippen molar-refractivity contribution in [3.05, 3.63) is 0 Å². The summed E-state index contributed by atoms with van der Waals surface area (Å²) in [5.41, 5.74) is 5.39. The SMILES string of the molecule is CC(NC(=O)CCCCNC(N)=O)C12CC3CC(CC(C3)C1)C2. The third kappa shape index (κ3) is 3.81. The van der Waals surface area contributed by atoms with Gasteiger partial charge in [0.15, 0.2) is 0 Å². The lowest BCUT2D eigenvalue weighted by Crippen LogP contribution is -2.55. The highest BCUT2D eigenvalue weighted by atomic mass is 16.2. The van der Waals surface area contributed by atoms with Crippen LogP contribution in [0.1, 0.15) is 64.7 Å². The molecule has 4 saturated carbocycles. The van der Waals surface area contributed by atoms with E-state index >= 15 is 0 Å². The van der Waals surface area contributed by atoms with Gasteiger partial charge in [-0.3, -0.25) is 4.79 Å². The zero-order valence-corrected chi connectivity index (χ0v) is 14.3. The highest BCUT2D eigenvalue weighted by molar-refractivity contribution is 5.76. The molecule has 4 rings (SSSR count). The van der Waals surface area contributed by atoms with Crippen molar-refractivity contribution in [2.45, 2.75) is 70.8 Å². The van der Waals surface area contributed by atoms with Crippen LogP contribution in [0.5, 0.6) is 0 Å². The Morgan fingerprint density at radius 1 is 1.09 bits per heavy atom. The Labute approximate surface area is 139 Å². The highest BCUT2D eigenvalue weighted by Crippen LogP contribution is 2.61. The smallest absolute Gasteiger partial charge is 0.312 e. The van der Waals surface area contributed by atoms with Crippen molar-refractivity contribution in [1.29, 1.82) is 0 Å². The molecule has 1 unspecified atom stereocenters. The van der Waals surface area contributed by atoms with Crippen LogP contribution in [-0.2, 0) is 4.79 Å². The predicted octanol–water partition coefficient (Wildman–Crippen LogP) is 2.55. The third-order valence-electron chi connectivity index (χ3n) is 6.51. The fourth-order valence-corrected chi connectivity index (χ4v) is 5.80. The maximum absolute atomic E-state index is 12.2. The molecule has 5 heteroatoms. The van der Waals surface area contributed by atoms with E-state index in [1.54, 1.807) is 0 Å². The molecule has 0 spiro atoms. The first-order valence-corrected chi connectivity index (χ1v) is 9.29. The molecule has 23 heavy (non-hydrogen) atoms. The summed E-state index contributed by atoms with van der Waals surface area (Å²) in [5, 5.41) is 5.84. The number of amides is 3. The summed E-state index contributed by atoms with van der Waals surface area (Å²) < 4.78 is 0. The van der Waals surface area contributed by atoms with E-state index in [9.17, 15) is 9.59 Å². The van der Waals surface area contributed by atoms with Gasteiger partial charge in [0.05, 0.1) is 0 Å². The Kier molecular flexibility index (Phi) is 4.83. The van der Waals surface area contributed by atoms with E-state index in [-0.39, 0.29) is 5.91 Å². The zero-order valence-electron chi connectivity index (χ0n) is 14.3. The molecule has 5 nitrogen and oxygen atoms in total. The molecule has 0 radical (unpaired) electrons. The first-order valence-electron chi connectivity index (χ1n) is 9.29. The number of rotatable bonds is 7. The number of hydrogen-bond donors (Lipinski definition) is 3. The Bertz CT molecular complexity index is 428. The molecule has 4 N–H and O–H groups in total. The van der Waals surface area contributed by atoms with Crippen LogP contribution in [0.15, 0.2) is 0 Å². The number of unbranched alkanes of at least 4 members (excludes halogenated alkanes) is 1. The van der Waals surface area contributed by atoms with Crippen molar-refractivity contribution in [3.8, 4) is 0 Å². The van der Waals surface area contributed by atoms with Crippen LogP contribution in [0.4, 0.5) is 4.79 Å². The number of carbonyl (C=O) groups excluding carboxylic acids is 2. The molecule has 0 heterocycles. The minimum absolute atomic E-state index is 0.160. The molecule has 3 amide bonds. The quantitative estimate of drug-likeness (QED) is 0.630. The topological polar surface area (TPSA) is 84.2 Å². The molecule has 0 aromatic rings. The molecule has 4 bridgehead atoms. The molecular formula is C18H31N3O2. The molecular weight excluding hydrogens is 290 g/mol. The lowest BCUT2D eigenvalue weighted by Gasteiger charge is -2.59. The maximum atomic E-state index is 12.2. The van der Waals surface area contributed by atoms with Gasteiger partial charge in [-0.25, -0.2) is 4.79 Å². The van der Waals surface area contributed by atoms with Gasteiger partial charge in [-0.05, 0) is 81.5 Å². The second-order valence-corrected chi connectivity index (χ2v) is 8.32. The van der Waals surface area contributed by atoms with Crippen molar-refractivity contribution in [1.82, 2.24) is 10.6 Å². The standard InChI is InChI=1S/C18H31N3O2/c1-12(21-16(22)4-2-3-5-20-17(19)23)18-9-13-6-14(10-18)8-15(7-13)11-18/h12-15H,2-11H2,1H3,(H,21,22)(H3,19,20,23). The molecule has 4 aliphatic carbocycles. The second kappa shape index (κ2) is 6.70. The highest BCUT2D eigenvalue weighted by Gasteiger charge is 2.53. The van der Waals surface area contributed by atoms with Crippen molar-refractivity contribution in [2.75, 3.05) is 6.54 Å². The number of primary amides is 1. The van der Waals surface area contributed by atoms with Crippen molar-refractivity contribution < 1.29 is 9.59 Å².